The van der Waals surface area contributed by atoms with Crippen LogP contribution in [0.5, 0.6) is 0 Å². The number of aliphatic hydroxyl groups excluding tert-OH is 1. The van der Waals surface area contributed by atoms with Crippen molar-refractivity contribution in [2.24, 2.45) is 5.41 Å². The normalized spacial score (nSPS) is 11.5. The maximum absolute atomic E-state index is 11.7. The van der Waals surface area contributed by atoms with Crippen molar-refractivity contribution in [3.05, 3.63) is 11.1 Å². The van der Waals surface area contributed by atoms with Crippen LogP contribution in [-0.2, 0) is 0 Å². The Morgan fingerprint density at radius 2 is 2.24 bits per heavy atom. The molecule has 2 N–H and O–H groups in total. The maximum atomic E-state index is 11.7. The molecule has 5 nitrogen and oxygen atoms in total. The van der Waals surface area contributed by atoms with E-state index in [2.05, 4.69) is 28.8 Å². The molecule has 6 heteroatoms. The zero-order chi connectivity index (χ0) is 12.7. The van der Waals surface area contributed by atoms with E-state index in [1.54, 1.807) is 5.38 Å². The van der Waals surface area contributed by atoms with Gasteiger partial charge in [-0.15, -0.1) is 5.10 Å². The first kappa shape index (κ1) is 14.1. The topological polar surface area (TPSA) is 75.1 Å². The number of aliphatic hydroxyl groups is 1. The van der Waals surface area contributed by atoms with Crippen molar-refractivity contribution in [1.29, 1.82) is 0 Å². The highest BCUT2D eigenvalue weighted by atomic mass is 32.1. The Morgan fingerprint density at radius 1 is 1.53 bits per heavy atom. The molecule has 0 aliphatic heterocycles. The van der Waals surface area contributed by atoms with Crippen molar-refractivity contribution >= 4 is 17.4 Å². The van der Waals surface area contributed by atoms with Crippen LogP contribution in [0.4, 0.5) is 0 Å². The number of hydrogen-bond acceptors (Lipinski definition) is 5. The average molecular weight is 257 g/mol. The number of carbonyl (C=O) groups is 1. The molecule has 1 aromatic rings. The highest BCUT2D eigenvalue weighted by molar-refractivity contribution is 7.03. The van der Waals surface area contributed by atoms with E-state index in [0.717, 1.165) is 24.4 Å². The highest BCUT2D eigenvalue weighted by Gasteiger charge is 2.26. The molecule has 1 heterocycles. The minimum atomic E-state index is -0.192. The number of nitrogens with one attached hydrogen (secondary N) is 1. The third-order valence-corrected chi connectivity index (χ3v) is 3.86. The number of amides is 1. The predicted octanol–water partition coefficient (Wildman–Crippen LogP) is 1.46. The number of nitrogens with zero attached hydrogens (tertiary/aromatic N) is 2. The fourth-order valence-corrected chi connectivity index (χ4v) is 2.24. The monoisotopic (exact) mass is 257 g/mol. The Balaban J connectivity index is 2.55. The molecule has 17 heavy (non-hydrogen) atoms. The van der Waals surface area contributed by atoms with Gasteiger partial charge in [-0.2, -0.15) is 0 Å². The van der Waals surface area contributed by atoms with E-state index in [1.807, 2.05) is 0 Å². The van der Waals surface area contributed by atoms with Gasteiger partial charge in [0.15, 0.2) is 5.69 Å². The van der Waals surface area contributed by atoms with Crippen molar-refractivity contribution in [1.82, 2.24) is 14.9 Å². The molecule has 0 unspecified atom stereocenters. The van der Waals surface area contributed by atoms with E-state index in [1.165, 1.54) is 0 Å². The number of hydrogen-bond donors (Lipinski definition) is 2. The first-order valence-corrected chi connectivity index (χ1v) is 6.67. The molecular weight excluding hydrogens is 238 g/mol. The summed E-state index contributed by atoms with van der Waals surface area (Å²) in [6.07, 6.45) is 2.56. The Morgan fingerprint density at radius 3 is 2.71 bits per heavy atom. The van der Waals surface area contributed by atoms with Gasteiger partial charge in [-0.3, -0.25) is 4.79 Å². The molecule has 0 fully saturated rings. The second-order valence-electron chi connectivity index (χ2n) is 4.15. The molecule has 0 bridgehead atoms. The first-order valence-electron chi connectivity index (χ1n) is 5.83. The van der Waals surface area contributed by atoms with Crippen LogP contribution in [0.3, 0.4) is 0 Å². The van der Waals surface area contributed by atoms with Crippen LogP contribution in [0.1, 0.15) is 43.6 Å². The summed E-state index contributed by atoms with van der Waals surface area (Å²) in [6.45, 7) is 4.87. The zero-order valence-corrected chi connectivity index (χ0v) is 11.1. The summed E-state index contributed by atoms with van der Waals surface area (Å²) in [7, 11) is 0. The molecule has 1 amide bonds. The van der Waals surface area contributed by atoms with Crippen LogP contribution < -0.4 is 5.32 Å². The van der Waals surface area contributed by atoms with Gasteiger partial charge in [0.25, 0.3) is 5.91 Å². The summed E-state index contributed by atoms with van der Waals surface area (Å²) < 4.78 is 3.66. The maximum Gasteiger partial charge on any atom is 0.272 e. The molecule has 96 valence electrons. The van der Waals surface area contributed by atoms with Crippen LogP contribution in [-0.4, -0.2) is 33.8 Å². The smallest absolute Gasteiger partial charge is 0.272 e. The quantitative estimate of drug-likeness (QED) is 0.775. The molecule has 0 atom stereocenters. The van der Waals surface area contributed by atoms with E-state index < -0.39 is 0 Å². The summed E-state index contributed by atoms with van der Waals surface area (Å²) in [5, 5.41) is 17.3. The highest BCUT2D eigenvalue weighted by Crippen LogP contribution is 2.29. The summed E-state index contributed by atoms with van der Waals surface area (Å²) in [6, 6.07) is 0. The van der Waals surface area contributed by atoms with Gasteiger partial charge < -0.3 is 10.4 Å². The predicted molar refractivity (Wildman–Crippen MR) is 67.0 cm³/mol. The minimum absolute atomic E-state index is 0.0200. The fraction of sp³-hybridized carbons (Fsp3) is 0.727. The SMILES string of the molecule is CCC(CC)(CCO)CNC(=O)c1csnn1. The lowest BCUT2D eigenvalue weighted by Gasteiger charge is -2.31. The lowest BCUT2D eigenvalue weighted by atomic mass is 9.79. The van der Waals surface area contributed by atoms with Gasteiger partial charge in [-0.25, -0.2) is 0 Å². The molecule has 0 saturated heterocycles. The van der Waals surface area contributed by atoms with Gasteiger partial charge in [-0.1, -0.05) is 18.3 Å². The second kappa shape index (κ2) is 6.66. The average Bonchev–Trinajstić information content (AvgIpc) is 2.88. The Labute approximate surface area is 105 Å². The van der Waals surface area contributed by atoms with Crippen molar-refractivity contribution in [2.45, 2.75) is 33.1 Å². The summed E-state index contributed by atoms with van der Waals surface area (Å²) in [5.74, 6) is -0.192. The molecule has 0 aliphatic carbocycles. The Bertz CT molecular complexity index is 336. The van der Waals surface area contributed by atoms with Gasteiger partial charge in [0.05, 0.1) is 0 Å². The van der Waals surface area contributed by atoms with Gasteiger partial charge in [-0.05, 0) is 36.2 Å². The van der Waals surface area contributed by atoms with Crippen LogP contribution in [0.2, 0.25) is 0 Å². The van der Waals surface area contributed by atoms with E-state index in [9.17, 15) is 4.79 Å². The fourth-order valence-electron chi connectivity index (χ4n) is 1.80. The van der Waals surface area contributed by atoms with Crippen LogP contribution in [0.15, 0.2) is 5.38 Å². The molecule has 0 saturated carbocycles. The summed E-state index contributed by atoms with van der Waals surface area (Å²) >= 11 is 1.16. The van der Waals surface area contributed by atoms with E-state index in [-0.39, 0.29) is 17.9 Å². The number of carbonyl (C=O) groups excluding carboxylic acids is 1. The van der Waals surface area contributed by atoms with Gasteiger partial charge in [0.1, 0.15) is 0 Å². The zero-order valence-electron chi connectivity index (χ0n) is 10.3. The van der Waals surface area contributed by atoms with Crippen molar-refractivity contribution in [3.8, 4) is 0 Å². The van der Waals surface area contributed by atoms with E-state index >= 15 is 0 Å². The largest absolute Gasteiger partial charge is 0.396 e. The van der Waals surface area contributed by atoms with Gasteiger partial charge in [0.2, 0.25) is 0 Å². The van der Waals surface area contributed by atoms with Crippen LogP contribution in [0, 0.1) is 5.41 Å². The molecule has 0 aromatic carbocycles. The Hall–Kier alpha value is -1.01. The van der Waals surface area contributed by atoms with Gasteiger partial charge >= 0.3 is 0 Å². The van der Waals surface area contributed by atoms with E-state index in [4.69, 9.17) is 5.11 Å². The molecule has 0 spiro atoms. The minimum Gasteiger partial charge on any atom is -0.396 e. The third kappa shape index (κ3) is 3.74. The third-order valence-electron chi connectivity index (χ3n) is 3.36. The molecular formula is C11H19N3O2S. The molecule has 0 radical (unpaired) electrons. The summed E-state index contributed by atoms with van der Waals surface area (Å²) in [4.78, 5) is 11.7. The van der Waals surface area contributed by atoms with Crippen LogP contribution in [0.25, 0.3) is 0 Å². The second-order valence-corrected chi connectivity index (χ2v) is 4.76. The van der Waals surface area contributed by atoms with Crippen molar-refractivity contribution < 1.29 is 9.90 Å². The Kier molecular flexibility index (Phi) is 5.50. The van der Waals surface area contributed by atoms with Crippen molar-refractivity contribution in [3.63, 3.8) is 0 Å². The lowest BCUT2D eigenvalue weighted by molar-refractivity contribution is 0.0902. The number of aromatic nitrogens is 2. The van der Waals surface area contributed by atoms with Crippen LogP contribution >= 0.6 is 11.5 Å². The lowest BCUT2D eigenvalue weighted by Crippen LogP contribution is -2.37. The van der Waals surface area contributed by atoms with Gasteiger partial charge in [0, 0.05) is 18.5 Å². The molecule has 1 aromatic heterocycles. The molecule has 1 rings (SSSR count). The van der Waals surface area contributed by atoms with E-state index in [0.29, 0.717) is 18.7 Å². The number of rotatable bonds is 7. The molecule has 0 aliphatic rings. The summed E-state index contributed by atoms with van der Waals surface area (Å²) in [5.41, 5.74) is 0.341. The first-order chi connectivity index (χ1) is 8.17. The van der Waals surface area contributed by atoms with Crippen molar-refractivity contribution in [2.75, 3.05) is 13.2 Å². The standard InChI is InChI=1S/C11H19N3O2S/c1-3-11(4-2,5-6-15)8-12-10(16)9-7-17-14-13-9/h7,15H,3-6,8H2,1-2H3,(H,12,16).